The molecule has 0 aromatic carbocycles. The molecule has 0 unspecified atom stereocenters. The van der Waals surface area contributed by atoms with Crippen LogP contribution in [0.1, 0.15) is 40.9 Å². The summed E-state index contributed by atoms with van der Waals surface area (Å²) in [5.41, 5.74) is 7.48. The van der Waals surface area contributed by atoms with Gasteiger partial charge in [-0.3, -0.25) is 14.2 Å². The number of nitrogens with two attached hydrogens (primary N) is 1. The minimum atomic E-state index is -0.482. The van der Waals surface area contributed by atoms with Gasteiger partial charge in [0.05, 0.1) is 11.2 Å². The summed E-state index contributed by atoms with van der Waals surface area (Å²) in [6.07, 6.45) is 3.03. The van der Waals surface area contributed by atoms with E-state index >= 15 is 0 Å². The monoisotopic (exact) mass is 355 g/mol. The minimum absolute atomic E-state index is 0.0236. The molecule has 2 aromatic heterocycles. The van der Waals surface area contributed by atoms with Crippen molar-refractivity contribution in [2.24, 2.45) is 0 Å². The molecule has 0 atom stereocenters. The highest BCUT2D eigenvalue weighted by molar-refractivity contribution is 5.99. The van der Waals surface area contributed by atoms with Gasteiger partial charge in [-0.1, -0.05) is 0 Å². The summed E-state index contributed by atoms with van der Waals surface area (Å²) < 4.78 is 7.15. The van der Waals surface area contributed by atoms with Gasteiger partial charge in [-0.2, -0.15) is 0 Å². The first-order valence-corrected chi connectivity index (χ1v) is 8.65. The topological polar surface area (TPSA) is 112 Å². The Morgan fingerprint density at radius 1 is 1.23 bits per heavy atom. The van der Waals surface area contributed by atoms with Crippen molar-refractivity contribution < 1.29 is 9.53 Å². The first kappa shape index (κ1) is 16.7. The lowest BCUT2D eigenvalue weighted by Gasteiger charge is -2.35. The Kier molecular flexibility index (Phi) is 3.80. The van der Waals surface area contributed by atoms with Gasteiger partial charge in [0.2, 0.25) is 0 Å². The van der Waals surface area contributed by atoms with Crippen LogP contribution in [0.25, 0.3) is 0 Å². The van der Waals surface area contributed by atoms with E-state index in [1.54, 1.807) is 17.6 Å². The van der Waals surface area contributed by atoms with Crippen molar-refractivity contribution in [3.8, 4) is 0 Å². The summed E-state index contributed by atoms with van der Waals surface area (Å²) in [7, 11) is 0. The zero-order valence-corrected chi connectivity index (χ0v) is 14.8. The fourth-order valence-corrected chi connectivity index (χ4v) is 3.96. The van der Waals surface area contributed by atoms with Crippen LogP contribution in [-0.4, -0.2) is 33.5 Å². The summed E-state index contributed by atoms with van der Waals surface area (Å²) in [4.78, 5) is 34.0. The SMILES string of the molecule is Cc1cc(Nc2ncnc(N)c2C)c(=O)n2c1C(=O)CC21CCOCC1. The largest absolute Gasteiger partial charge is 0.383 e. The number of rotatable bonds is 2. The van der Waals surface area contributed by atoms with Crippen molar-refractivity contribution in [2.45, 2.75) is 38.6 Å². The van der Waals surface area contributed by atoms with Gasteiger partial charge in [-0.25, -0.2) is 9.97 Å². The van der Waals surface area contributed by atoms with Crippen LogP contribution in [0.3, 0.4) is 0 Å². The molecule has 0 aliphatic carbocycles. The fourth-order valence-electron chi connectivity index (χ4n) is 3.96. The number of carbonyl (C=O) groups is 1. The van der Waals surface area contributed by atoms with Gasteiger partial charge in [-0.15, -0.1) is 0 Å². The number of anilines is 3. The quantitative estimate of drug-likeness (QED) is 0.842. The molecular weight excluding hydrogens is 334 g/mol. The van der Waals surface area contributed by atoms with Gasteiger partial charge in [0, 0.05) is 25.2 Å². The Balaban J connectivity index is 1.86. The van der Waals surface area contributed by atoms with Crippen LogP contribution in [0.5, 0.6) is 0 Å². The summed E-state index contributed by atoms with van der Waals surface area (Å²) in [5, 5.41) is 3.08. The fraction of sp³-hybridized carbons (Fsp3) is 0.444. The summed E-state index contributed by atoms with van der Waals surface area (Å²) >= 11 is 0. The van der Waals surface area contributed by atoms with E-state index in [0.29, 0.717) is 61.1 Å². The summed E-state index contributed by atoms with van der Waals surface area (Å²) in [6.45, 7) is 4.75. The van der Waals surface area contributed by atoms with E-state index in [1.165, 1.54) is 6.33 Å². The van der Waals surface area contributed by atoms with Crippen molar-refractivity contribution in [1.29, 1.82) is 0 Å². The number of ketones is 1. The molecule has 0 saturated carbocycles. The van der Waals surface area contributed by atoms with E-state index in [0.717, 1.165) is 5.56 Å². The maximum Gasteiger partial charge on any atom is 0.275 e. The second-order valence-corrected chi connectivity index (χ2v) is 7.02. The summed E-state index contributed by atoms with van der Waals surface area (Å²) in [6, 6.07) is 1.71. The normalized spacial score (nSPS) is 18.2. The number of aromatic nitrogens is 3. The summed E-state index contributed by atoms with van der Waals surface area (Å²) in [5.74, 6) is 0.868. The number of nitrogens with one attached hydrogen (secondary N) is 1. The Hall–Kier alpha value is -2.74. The Morgan fingerprint density at radius 2 is 1.96 bits per heavy atom. The third-order valence-electron chi connectivity index (χ3n) is 5.42. The smallest absolute Gasteiger partial charge is 0.275 e. The Labute approximate surface area is 150 Å². The highest BCUT2D eigenvalue weighted by Crippen LogP contribution is 2.40. The van der Waals surface area contributed by atoms with Crippen molar-refractivity contribution in [1.82, 2.24) is 14.5 Å². The van der Waals surface area contributed by atoms with Crippen LogP contribution in [0.4, 0.5) is 17.3 Å². The maximum absolute atomic E-state index is 13.3. The third-order valence-corrected chi connectivity index (χ3v) is 5.42. The number of ether oxygens (including phenoxy) is 1. The number of Topliss-reactive ketones (excluding diaryl/α,β-unsaturated/α-hetero) is 1. The molecule has 4 heterocycles. The molecule has 0 bridgehead atoms. The molecule has 1 saturated heterocycles. The van der Waals surface area contributed by atoms with Crippen molar-refractivity contribution >= 4 is 23.1 Å². The number of nitrogens with zero attached hydrogens (tertiary/aromatic N) is 3. The Morgan fingerprint density at radius 3 is 2.69 bits per heavy atom. The number of nitrogen functional groups attached to an aromatic ring is 1. The van der Waals surface area contributed by atoms with Gasteiger partial charge in [0.25, 0.3) is 5.56 Å². The second kappa shape index (κ2) is 5.91. The number of carbonyl (C=O) groups excluding carboxylic acids is 1. The molecule has 4 rings (SSSR count). The average Bonchev–Trinajstić information content (AvgIpc) is 2.89. The standard InChI is InChI=1S/C18H21N5O3/c1-10-7-12(22-16-11(2)15(19)20-9-21-16)17(25)23-14(10)13(24)8-18(23)3-5-26-6-4-18/h7,9H,3-6,8H2,1-2H3,(H3,19,20,21,22). The van der Waals surface area contributed by atoms with Crippen LogP contribution in [0.2, 0.25) is 0 Å². The predicted molar refractivity (Wildman–Crippen MR) is 96.9 cm³/mol. The van der Waals surface area contributed by atoms with Gasteiger partial charge in [0.1, 0.15) is 23.7 Å². The lowest BCUT2D eigenvalue weighted by Crippen LogP contribution is -2.43. The van der Waals surface area contributed by atoms with Crippen molar-refractivity contribution in [2.75, 3.05) is 24.3 Å². The minimum Gasteiger partial charge on any atom is -0.383 e. The number of hydrogen-bond acceptors (Lipinski definition) is 7. The average molecular weight is 355 g/mol. The predicted octanol–water partition coefficient (Wildman–Crippen LogP) is 1.67. The van der Waals surface area contributed by atoms with Crippen LogP contribution in [-0.2, 0) is 10.3 Å². The molecule has 136 valence electrons. The number of hydrogen-bond donors (Lipinski definition) is 2. The molecule has 1 spiro atoms. The maximum atomic E-state index is 13.3. The van der Waals surface area contributed by atoms with E-state index < -0.39 is 5.54 Å². The molecule has 3 N–H and O–H groups in total. The van der Waals surface area contributed by atoms with Crippen LogP contribution in [0, 0.1) is 13.8 Å². The molecule has 2 aliphatic heterocycles. The molecule has 1 fully saturated rings. The van der Waals surface area contributed by atoms with Gasteiger partial charge in [0.15, 0.2) is 5.78 Å². The van der Waals surface area contributed by atoms with E-state index in [2.05, 4.69) is 15.3 Å². The van der Waals surface area contributed by atoms with Crippen LogP contribution in [0.15, 0.2) is 17.2 Å². The molecule has 2 aliphatic rings. The Bertz CT molecular complexity index is 960. The molecule has 8 nitrogen and oxygen atoms in total. The van der Waals surface area contributed by atoms with Crippen molar-refractivity contribution in [3.63, 3.8) is 0 Å². The van der Waals surface area contributed by atoms with Gasteiger partial charge < -0.3 is 15.8 Å². The van der Waals surface area contributed by atoms with E-state index in [-0.39, 0.29) is 11.3 Å². The molecular formula is C18H21N5O3. The number of pyridine rings is 1. The van der Waals surface area contributed by atoms with Crippen molar-refractivity contribution in [3.05, 3.63) is 39.6 Å². The molecule has 2 aromatic rings. The first-order chi connectivity index (χ1) is 12.4. The van der Waals surface area contributed by atoms with Gasteiger partial charge >= 0.3 is 0 Å². The first-order valence-electron chi connectivity index (χ1n) is 8.65. The third kappa shape index (κ3) is 2.40. The van der Waals surface area contributed by atoms with Crippen LogP contribution >= 0.6 is 0 Å². The van der Waals surface area contributed by atoms with Crippen LogP contribution < -0.4 is 16.6 Å². The lowest BCUT2D eigenvalue weighted by atomic mass is 9.87. The van der Waals surface area contributed by atoms with Gasteiger partial charge in [-0.05, 0) is 38.3 Å². The zero-order valence-electron chi connectivity index (χ0n) is 14.8. The molecule has 0 radical (unpaired) electrons. The highest BCUT2D eigenvalue weighted by Gasteiger charge is 2.46. The lowest BCUT2D eigenvalue weighted by molar-refractivity contribution is 0.0234. The van der Waals surface area contributed by atoms with E-state index in [9.17, 15) is 9.59 Å². The zero-order chi connectivity index (χ0) is 18.5. The molecule has 0 amide bonds. The van der Waals surface area contributed by atoms with E-state index in [4.69, 9.17) is 10.5 Å². The number of aryl methyl sites for hydroxylation is 1. The highest BCUT2D eigenvalue weighted by atomic mass is 16.5. The molecule has 26 heavy (non-hydrogen) atoms. The second-order valence-electron chi connectivity index (χ2n) is 7.02. The van der Waals surface area contributed by atoms with E-state index in [1.807, 2.05) is 6.92 Å². The number of fused-ring (bicyclic) bond motifs is 2. The molecule has 8 heteroatoms.